The van der Waals surface area contributed by atoms with Gasteiger partial charge in [0.05, 0.1) is 0 Å². The molecule has 1 fully saturated rings. The summed E-state index contributed by atoms with van der Waals surface area (Å²) in [6.45, 7) is 3.12. The van der Waals surface area contributed by atoms with Crippen LogP contribution in [0.2, 0.25) is 5.02 Å². The molecule has 1 aromatic rings. The molecule has 2 rings (SSSR count). The molecule has 0 saturated carbocycles. The van der Waals surface area contributed by atoms with Crippen molar-refractivity contribution in [2.75, 3.05) is 35.8 Å². The quantitative estimate of drug-likeness (QED) is 0.885. The Balaban J connectivity index is 2.42. The van der Waals surface area contributed by atoms with Crippen molar-refractivity contribution in [1.29, 1.82) is 0 Å². The van der Waals surface area contributed by atoms with E-state index >= 15 is 0 Å². The van der Waals surface area contributed by atoms with Crippen molar-refractivity contribution in [3.8, 4) is 0 Å². The second-order valence-electron chi connectivity index (χ2n) is 4.98. The summed E-state index contributed by atoms with van der Waals surface area (Å²) in [6.07, 6.45) is 0. The fourth-order valence-electron chi connectivity index (χ4n) is 2.51. The first kappa shape index (κ1) is 16.9. The molecule has 1 aromatic carbocycles. The lowest BCUT2D eigenvalue weighted by molar-refractivity contribution is 0.579. The third-order valence-corrected chi connectivity index (χ3v) is 7.14. The monoisotopic (exact) mass is 348 g/mol. The van der Waals surface area contributed by atoms with Gasteiger partial charge in [0, 0.05) is 41.1 Å². The van der Waals surface area contributed by atoms with Crippen LogP contribution >= 0.6 is 23.4 Å². The molecule has 0 bridgehead atoms. The van der Waals surface area contributed by atoms with Crippen LogP contribution in [-0.2, 0) is 16.4 Å². The first-order valence-electron chi connectivity index (χ1n) is 6.98. The van der Waals surface area contributed by atoms with Crippen LogP contribution in [0.1, 0.15) is 12.5 Å². The van der Waals surface area contributed by atoms with Gasteiger partial charge in [0.1, 0.15) is 5.37 Å². The summed E-state index contributed by atoms with van der Waals surface area (Å²) >= 11 is 7.78. The molecule has 1 atom stereocenters. The van der Waals surface area contributed by atoms with Crippen LogP contribution in [0.3, 0.4) is 0 Å². The maximum atomic E-state index is 12.4. The Hall–Kier alpha value is -0.430. The summed E-state index contributed by atoms with van der Waals surface area (Å²) in [4.78, 5) is 2.03. The van der Waals surface area contributed by atoms with Gasteiger partial charge in [0.2, 0.25) is 0 Å². The number of sulfone groups is 1. The molecule has 1 N–H and O–H groups in total. The molecule has 0 amide bonds. The molecule has 0 aliphatic carbocycles. The van der Waals surface area contributed by atoms with Gasteiger partial charge < -0.3 is 10.2 Å². The first-order chi connectivity index (χ1) is 9.99. The lowest BCUT2D eigenvalue weighted by atomic mass is 10.1. The van der Waals surface area contributed by atoms with Crippen LogP contribution in [0.5, 0.6) is 0 Å². The number of nitrogens with one attached hydrogen (secondary N) is 1. The largest absolute Gasteiger partial charge is 0.353 e. The van der Waals surface area contributed by atoms with Crippen LogP contribution in [0, 0.1) is 0 Å². The Labute approximate surface area is 136 Å². The van der Waals surface area contributed by atoms with Gasteiger partial charge in [-0.25, -0.2) is 8.42 Å². The van der Waals surface area contributed by atoms with Gasteiger partial charge in [-0.2, -0.15) is 11.8 Å². The molecule has 1 heterocycles. The van der Waals surface area contributed by atoms with Gasteiger partial charge >= 0.3 is 0 Å². The van der Waals surface area contributed by atoms with Gasteiger partial charge in [-0.15, -0.1) is 0 Å². The zero-order valence-electron chi connectivity index (χ0n) is 12.3. The number of rotatable bonds is 5. The minimum atomic E-state index is -3.11. The fourth-order valence-corrected chi connectivity index (χ4v) is 5.69. The highest BCUT2D eigenvalue weighted by molar-refractivity contribution is 8.01. The maximum Gasteiger partial charge on any atom is 0.171 e. The highest BCUT2D eigenvalue weighted by Crippen LogP contribution is 2.31. The zero-order chi connectivity index (χ0) is 15.5. The molecule has 21 heavy (non-hydrogen) atoms. The highest BCUT2D eigenvalue weighted by Gasteiger charge is 2.33. The Morgan fingerprint density at radius 2 is 2.24 bits per heavy atom. The molecule has 7 heteroatoms. The van der Waals surface area contributed by atoms with E-state index in [-0.39, 0.29) is 5.75 Å². The number of anilines is 1. The van der Waals surface area contributed by atoms with Crippen LogP contribution < -0.4 is 10.2 Å². The third kappa shape index (κ3) is 3.86. The van der Waals surface area contributed by atoms with Crippen molar-refractivity contribution in [1.82, 2.24) is 5.32 Å². The Bertz CT molecular complexity index is 593. The average molecular weight is 349 g/mol. The summed E-state index contributed by atoms with van der Waals surface area (Å²) in [7, 11) is -1.24. The SMILES string of the molecule is CCS(=O)(=O)C1CSCCN1c1ccc(Cl)cc1CNC. The van der Waals surface area contributed by atoms with Crippen molar-refractivity contribution in [3.05, 3.63) is 28.8 Å². The number of hydrogen-bond donors (Lipinski definition) is 1. The first-order valence-corrected chi connectivity index (χ1v) is 10.2. The van der Waals surface area contributed by atoms with Gasteiger partial charge in [-0.1, -0.05) is 18.5 Å². The molecule has 0 aromatic heterocycles. The third-order valence-electron chi connectivity index (χ3n) is 3.62. The molecule has 0 radical (unpaired) electrons. The van der Waals surface area contributed by atoms with E-state index in [1.807, 2.05) is 30.1 Å². The minimum Gasteiger partial charge on any atom is -0.353 e. The number of hydrogen-bond acceptors (Lipinski definition) is 5. The zero-order valence-corrected chi connectivity index (χ0v) is 14.7. The normalized spacial score (nSPS) is 19.8. The van der Waals surface area contributed by atoms with Crippen LogP contribution in [0.25, 0.3) is 0 Å². The predicted octanol–water partition coefficient (Wildman–Crippen LogP) is 2.37. The van der Waals surface area contributed by atoms with E-state index in [1.165, 1.54) is 0 Å². The minimum absolute atomic E-state index is 0.170. The van der Waals surface area contributed by atoms with E-state index < -0.39 is 15.2 Å². The van der Waals surface area contributed by atoms with Gasteiger partial charge in [0.25, 0.3) is 0 Å². The molecule has 1 saturated heterocycles. The summed E-state index contributed by atoms with van der Waals surface area (Å²) < 4.78 is 24.8. The average Bonchev–Trinajstić information content (AvgIpc) is 2.48. The second-order valence-corrected chi connectivity index (χ2v) is 9.01. The van der Waals surface area contributed by atoms with Crippen molar-refractivity contribution in [2.45, 2.75) is 18.8 Å². The van der Waals surface area contributed by atoms with Crippen molar-refractivity contribution >= 4 is 38.9 Å². The van der Waals surface area contributed by atoms with Crippen LogP contribution in [-0.4, -0.2) is 44.6 Å². The lowest BCUT2D eigenvalue weighted by Crippen LogP contribution is -2.48. The second kappa shape index (κ2) is 7.22. The number of nitrogens with zero attached hydrogens (tertiary/aromatic N) is 1. The molecular formula is C14H21ClN2O2S2. The number of benzene rings is 1. The molecular weight excluding hydrogens is 328 g/mol. The molecule has 118 valence electrons. The Morgan fingerprint density at radius 1 is 1.48 bits per heavy atom. The van der Waals surface area contributed by atoms with Crippen LogP contribution in [0.4, 0.5) is 5.69 Å². The summed E-state index contributed by atoms with van der Waals surface area (Å²) in [5, 5.41) is 3.34. The van der Waals surface area contributed by atoms with E-state index in [4.69, 9.17) is 11.6 Å². The van der Waals surface area contributed by atoms with Crippen molar-refractivity contribution in [3.63, 3.8) is 0 Å². The van der Waals surface area contributed by atoms with Gasteiger partial charge in [-0.05, 0) is 30.8 Å². The van der Waals surface area contributed by atoms with E-state index in [0.29, 0.717) is 17.3 Å². The molecule has 1 aliphatic rings. The Kier molecular flexibility index (Phi) is 5.82. The molecule has 1 aliphatic heterocycles. The van der Waals surface area contributed by atoms with E-state index in [1.54, 1.807) is 18.7 Å². The Morgan fingerprint density at radius 3 is 2.90 bits per heavy atom. The van der Waals surface area contributed by atoms with E-state index in [9.17, 15) is 8.42 Å². The summed E-state index contributed by atoms with van der Waals surface area (Å²) in [5.74, 6) is 1.73. The fraction of sp³-hybridized carbons (Fsp3) is 0.571. The van der Waals surface area contributed by atoms with Crippen molar-refractivity contribution < 1.29 is 8.42 Å². The molecule has 4 nitrogen and oxygen atoms in total. The summed E-state index contributed by atoms with van der Waals surface area (Å²) in [6, 6.07) is 5.67. The topological polar surface area (TPSA) is 49.4 Å². The maximum absolute atomic E-state index is 12.4. The van der Waals surface area contributed by atoms with E-state index in [0.717, 1.165) is 23.5 Å². The predicted molar refractivity (Wildman–Crippen MR) is 92.1 cm³/mol. The standard InChI is InChI=1S/C14H21ClN2O2S2/c1-3-21(18,19)14-10-20-7-6-17(14)13-5-4-12(15)8-11(13)9-16-2/h4-5,8,14,16H,3,6-7,9-10H2,1-2H3. The smallest absolute Gasteiger partial charge is 0.171 e. The lowest BCUT2D eigenvalue weighted by Gasteiger charge is -2.37. The van der Waals surface area contributed by atoms with E-state index in [2.05, 4.69) is 5.32 Å². The van der Waals surface area contributed by atoms with Crippen LogP contribution in [0.15, 0.2) is 18.2 Å². The number of halogens is 1. The van der Waals surface area contributed by atoms with Gasteiger partial charge in [-0.3, -0.25) is 0 Å². The van der Waals surface area contributed by atoms with Gasteiger partial charge in [0.15, 0.2) is 9.84 Å². The van der Waals surface area contributed by atoms with Crippen molar-refractivity contribution in [2.24, 2.45) is 0 Å². The number of thioether (sulfide) groups is 1. The molecule has 1 unspecified atom stereocenters. The molecule has 0 spiro atoms. The highest BCUT2D eigenvalue weighted by atomic mass is 35.5. The summed E-state index contributed by atoms with van der Waals surface area (Å²) in [5.41, 5.74) is 2.00.